The molecule has 0 bridgehead atoms. The molecular weight excluding hydrogens is 501 g/mol. The fourth-order valence-corrected chi connectivity index (χ4v) is 5.12. The number of alkyl halides is 3. The zero-order chi connectivity index (χ0) is 25.6. The molecule has 35 heavy (non-hydrogen) atoms. The van der Waals surface area contributed by atoms with Crippen molar-refractivity contribution in [3.63, 3.8) is 0 Å². The van der Waals surface area contributed by atoms with Crippen molar-refractivity contribution in [2.24, 2.45) is 0 Å². The molecule has 1 fully saturated rings. The van der Waals surface area contributed by atoms with Gasteiger partial charge in [0.15, 0.2) is 0 Å². The molecule has 2 aliphatic heterocycles. The molecule has 2 N–H and O–H groups in total. The lowest BCUT2D eigenvalue weighted by atomic mass is 9.94. The van der Waals surface area contributed by atoms with Gasteiger partial charge < -0.3 is 10.0 Å². The third kappa shape index (κ3) is 8.33. The molecule has 2 heterocycles. The van der Waals surface area contributed by atoms with Gasteiger partial charge >= 0.3 is 6.18 Å². The van der Waals surface area contributed by atoms with Crippen LogP contribution in [0.15, 0.2) is 58.3 Å². The highest BCUT2D eigenvalue weighted by atomic mass is 32.2. The van der Waals surface area contributed by atoms with Crippen molar-refractivity contribution in [3.05, 3.63) is 65.2 Å². The molecule has 4 rings (SSSR count). The monoisotopic (exact) mass is 530 g/mol. The van der Waals surface area contributed by atoms with E-state index in [2.05, 4.69) is 15.9 Å². The number of rotatable bonds is 5. The van der Waals surface area contributed by atoms with Crippen LogP contribution in [-0.2, 0) is 16.3 Å². The smallest absolute Gasteiger partial charge is 0.395 e. The zero-order valence-corrected chi connectivity index (χ0v) is 21.0. The number of benzene rings is 2. The fourth-order valence-electron chi connectivity index (χ4n) is 4.04. The van der Waals surface area contributed by atoms with Gasteiger partial charge in [-0.3, -0.25) is 9.45 Å². The van der Waals surface area contributed by atoms with Crippen LogP contribution in [0.1, 0.15) is 23.1 Å². The van der Waals surface area contributed by atoms with Crippen LogP contribution in [0.2, 0.25) is 0 Å². The van der Waals surface area contributed by atoms with Gasteiger partial charge in [-0.05, 0) is 47.4 Å². The van der Waals surface area contributed by atoms with Gasteiger partial charge in [0.2, 0.25) is 0 Å². The summed E-state index contributed by atoms with van der Waals surface area (Å²) in [6.45, 7) is 5.55. The van der Waals surface area contributed by atoms with Crippen molar-refractivity contribution in [3.8, 4) is 0 Å². The van der Waals surface area contributed by atoms with Crippen molar-refractivity contribution in [1.82, 2.24) is 9.80 Å². The lowest BCUT2D eigenvalue weighted by molar-refractivity contribution is -0.137. The Hall–Kier alpha value is -1.89. The summed E-state index contributed by atoms with van der Waals surface area (Å²) in [4.78, 5) is 6.57. The molecule has 2 aromatic carbocycles. The molecule has 0 aromatic heterocycles. The zero-order valence-electron chi connectivity index (χ0n) is 19.3. The summed E-state index contributed by atoms with van der Waals surface area (Å²) in [5.41, 5.74) is 1.96. The van der Waals surface area contributed by atoms with Crippen molar-refractivity contribution >= 4 is 27.5 Å². The van der Waals surface area contributed by atoms with Crippen molar-refractivity contribution in [2.45, 2.75) is 22.4 Å². The van der Waals surface area contributed by atoms with Crippen molar-refractivity contribution < 1.29 is 31.2 Å². The molecule has 0 spiro atoms. The normalized spacial score (nSPS) is 17.9. The summed E-state index contributed by atoms with van der Waals surface area (Å²) in [5, 5.41) is 9.06. The van der Waals surface area contributed by atoms with E-state index in [1.807, 2.05) is 24.3 Å². The lowest BCUT2D eigenvalue weighted by Crippen LogP contribution is -2.47. The summed E-state index contributed by atoms with van der Waals surface area (Å²) in [6, 6.07) is 12.0. The molecule has 6 nitrogen and oxygen atoms in total. The van der Waals surface area contributed by atoms with E-state index >= 15 is 0 Å². The highest BCUT2D eigenvalue weighted by Crippen LogP contribution is 2.47. The Kier molecular flexibility index (Phi) is 9.41. The molecule has 192 valence electrons. The quantitative estimate of drug-likeness (QED) is 0.481. The van der Waals surface area contributed by atoms with E-state index in [1.54, 1.807) is 6.07 Å². The van der Waals surface area contributed by atoms with Crippen LogP contribution in [0.3, 0.4) is 0 Å². The molecule has 2 aliphatic rings. The predicted octanol–water partition coefficient (Wildman–Crippen LogP) is 4.11. The third-order valence-electron chi connectivity index (χ3n) is 5.67. The van der Waals surface area contributed by atoms with E-state index in [0.717, 1.165) is 60.1 Å². The van der Waals surface area contributed by atoms with E-state index in [-0.39, 0.29) is 6.61 Å². The summed E-state index contributed by atoms with van der Waals surface area (Å²) in [5.74, 6) is 0. The summed E-state index contributed by atoms with van der Waals surface area (Å²) < 4.78 is 65.8. The Bertz CT molecular complexity index is 1140. The number of nitrogens with zero attached hydrogens (tertiary/aromatic N) is 2. The Balaban J connectivity index is 0.000000623. The number of aliphatic hydroxyl groups excluding tert-OH is 1. The first-order valence-corrected chi connectivity index (χ1v) is 13.8. The van der Waals surface area contributed by atoms with E-state index in [9.17, 15) is 21.6 Å². The summed E-state index contributed by atoms with van der Waals surface area (Å²) >= 11 is 1.53. The van der Waals surface area contributed by atoms with Gasteiger partial charge in [-0.15, -0.1) is 0 Å². The molecule has 0 aliphatic carbocycles. The third-order valence-corrected chi connectivity index (χ3v) is 6.82. The number of halogens is 3. The van der Waals surface area contributed by atoms with Gasteiger partial charge in [-0.25, -0.2) is 0 Å². The standard InChI is InChI=1S/C23H25F3N2OS.CH4O3S/c24-23(25,26)17-7-8-22-20(16-17)18(19-4-1-2-6-21(19)30-22)5-3-9-27-10-12-28(13-11-27)14-15-29;1-5(2,3)4/h1-2,4-8,16,29H,3,9-15H2;1H3,(H,2,3,4)/b18-5-;. The topological polar surface area (TPSA) is 81.1 Å². The average Bonchev–Trinajstić information content (AvgIpc) is 2.78. The Labute approximate surface area is 208 Å². The van der Waals surface area contributed by atoms with Crippen LogP contribution >= 0.6 is 11.8 Å². The minimum Gasteiger partial charge on any atom is -0.395 e. The van der Waals surface area contributed by atoms with Gasteiger partial charge in [0.1, 0.15) is 0 Å². The van der Waals surface area contributed by atoms with E-state index in [0.29, 0.717) is 18.4 Å². The molecule has 2 aromatic rings. The number of piperazine rings is 1. The van der Waals surface area contributed by atoms with Gasteiger partial charge in [0.05, 0.1) is 18.4 Å². The Morgan fingerprint density at radius 2 is 1.54 bits per heavy atom. The van der Waals surface area contributed by atoms with Gasteiger partial charge in [-0.1, -0.05) is 36.0 Å². The van der Waals surface area contributed by atoms with Gasteiger partial charge in [0, 0.05) is 49.1 Å². The minimum absolute atomic E-state index is 0.183. The number of β-amino-alcohol motifs (C(OH)–C–C–N with tert-alkyl or cyclic N) is 1. The molecule has 0 radical (unpaired) electrons. The first-order valence-electron chi connectivity index (χ1n) is 11.1. The molecule has 11 heteroatoms. The van der Waals surface area contributed by atoms with Crippen LogP contribution in [0.25, 0.3) is 5.57 Å². The van der Waals surface area contributed by atoms with Crippen LogP contribution < -0.4 is 0 Å². The minimum atomic E-state index is -4.35. The average molecular weight is 531 g/mol. The van der Waals surface area contributed by atoms with E-state index < -0.39 is 21.9 Å². The maximum Gasteiger partial charge on any atom is 0.416 e. The predicted molar refractivity (Wildman–Crippen MR) is 131 cm³/mol. The molecule has 0 saturated carbocycles. The second kappa shape index (κ2) is 11.9. The molecular formula is C24H29F3N2O4S2. The maximum absolute atomic E-state index is 13.3. The maximum atomic E-state index is 13.3. The van der Waals surface area contributed by atoms with E-state index in [4.69, 9.17) is 9.66 Å². The van der Waals surface area contributed by atoms with Crippen molar-refractivity contribution in [2.75, 3.05) is 52.1 Å². The lowest BCUT2D eigenvalue weighted by Gasteiger charge is -2.34. The molecule has 0 amide bonds. The highest BCUT2D eigenvalue weighted by molar-refractivity contribution is 7.99. The second-order valence-electron chi connectivity index (χ2n) is 8.35. The SMILES string of the molecule is CS(=O)(=O)O.OCCN1CCN(CC/C=C2/c3ccccc3Sc3ccc(C(F)(F)F)cc32)CC1. The number of hydrogen-bond donors (Lipinski definition) is 2. The first-order chi connectivity index (χ1) is 16.5. The van der Waals surface area contributed by atoms with Crippen LogP contribution in [0.5, 0.6) is 0 Å². The molecule has 0 atom stereocenters. The highest BCUT2D eigenvalue weighted by Gasteiger charge is 2.32. The number of aliphatic hydroxyl groups is 1. The Morgan fingerprint density at radius 1 is 0.971 bits per heavy atom. The first kappa shape index (κ1) is 27.7. The van der Waals surface area contributed by atoms with Crippen LogP contribution in [-0.4, -0.2) is 80.0 Å². The van der Waals surface area contributed by atoms with Crippen molar-refractivity contribution in [1.29, 1.82) is 0 Å². The van der Waals surface area contributed by atoms with Gasteiger partial charge in [0.25, 0.3) is 10.1 Å². The number of fused-ring (bicyclic) bond motifs is 2. The van der Waals surface area contributed by atoms with Gasteiger partial charge in [-0.2, -0.15) is 21.6 Å². The fraction of sp³-hybridized carbons (Fsp3) is 0.417. The Morgan fingerprint density at radius 3 is 2.14 bits per heavy atom. The van der Waals surface area contributed by atoms with Crippen LogP contribution in [0.4, 0.5) is 13.2 Å². The molecule has 1 saturated heterocycles. The summed E-state index contributed by atoms with van der Waals surface area (Å²) in [7, 11) is -3.67. The number of hydrogen-bond acceptors (Lipinski definition) is 6. The summed E-state index contributed by atoms with van der Waals surface area (Å²) in [6.07, 6.45) is -0.759. The second-order valence-corrected chi connectivity index (χ2v) is 10.9. The molecule has 0 unspecified atom stereocenters. The van der Waals surface area contributed by atoms with E-state index in [1.165, 1.54) is 23.9 Å². The largest absolute Gasteiger partial charge is 0.416 e. The van der Waals surface area contributed by atoms with Crippen LogP contribution in [0, 0.1) is 0 Å².